The summed E-state index contributed by atoms with van der Waals surface area (Å²) in [4.78, 5) is 0. The van der Waals surface area contributed by atoms with Crippen molar-refractivity contribution in [1.82, 2.24) is 0 Å². The van der Waals surface area contributed by atoms with Gasteiger partial charge in [0.25, 0.3) is 0 Å². The average Bonchev–Trinajstić information content (AvgIpc) is 2.36. The van der Waals surface area contributed by atoms with Crippen molar-refractivity contribution in [2.45, 2.75) is 75.1 Å². The Kier molecular flexibility index (Phi) is 2.96. The maximum Gasteiger partial charge on any atom is 0.0606 e. The fourth-order valence-electron chi connectivity index (χ4n) is 4.98. The summed E-state index contributed by atoms with van der Waals surface area (Å²) in [6.45, 7) is 5.08. The van der Waals surface area contributed by atoms with Crippen LogP contribution >= 0.6 is 11.8 Å². The Morgan fingerprint density at radius 1 is 0.778 bits per heavy atom. The maximum absolute atomic E-state index is 5.80. The largest absolute Gasteiger partial charge is 0.375 e. The molecule has 6 fully saturated rings. The molecule has 0 aromatic rings. The molecule has 0 spiro atoms. The quantitative estimate of drug-likeness (QED) is 0.760. The number of rotatable bonds is 3. The summed E-state index contributed by atoms with van der Waals surface area (Å²) < 4.78 is 5.80. The molecule has 18 heavy (non-hydrogen) atoms. The molecule has 4 heterocycles. The minimum absolute atomic E-state index is 0.638. The van der Waals surface area contributed by atoms with Crippen molar-refractivity contribution in [3.8, 4) is 0 Å². The van der Waals surface area contributed by atoms with Crippen molar-refractivity contribution >= 4 is 11.8 Å². The highest BCUT2D eigenvalue weighted by Crippen LogP contribution is 2.53. The standard InChI is InChI=1S/C16H26OS/c1-9(11-3-13-7-14(4-11)17-13)10(2)12-5-15-8-16(6-12)18-15/h9-16H,3-8H2,1-2H3/t9-,10+,11?,12?,13?,14?,15?,16?/m1/s1. The highest BCUT2D eigenvalue weighted by molar-refractivity contribution is 8.01. The van der Waals surface area contributed by atoms with Gasteiger partial charge in [0.05, 0.1) is 12.2 Å². The third-order valence-electron chi connectivity index (χ3n) is 6.40. The van der Waals surface area contributed by atoms with Crippen LogP contribution in [-0.4, -0.2) is 22.7 Å². The molecular weight excluding hydrogens is 240 g/mol. The monoisotopic (exact) mass is 266 g/mol. The summed E-state index contributed by atoms with van der Waals surface area (Å²) in [5.41, 5.74) is 0. The van der Waals surface area contributed by atoms with Gasteiger partial charge in [0.1, 0.15) is 0 Å². The zero-order valence-electron chi connectivity index (χ0n) is 11.7. The van der Waals surface area contributed by atoms with E-state index in [9.17, 15) is 0 Å². The lowest BCUT2D eigenvalue weighted by Gasteiger charge is -2.51. The van der Waals surface area contributed by atoms with E-state index in [-0.39, 0.29) is 0 Å². The maximum atomic E-state index is 5.80. The Labute approximate surface area is 115 Å². The minimum atomic E-state index is 0.638. The Bertz CT molecular complexity index is 267. The van der Waals surface area contributed by atoms with Crippen LogP contribution in [0, 0.1) is 23.7 Å². The Morgan fingerprint density at radius 2 is 1.22 bits per heavy atom. The molecule has 0 N–H and O–H groups in total. The molecule has 2 heteroatoms. The third kappa shape index (κ3) is 1.95. The summed E-state index contributed by atoms with van der Waals surface area (Å²) in [5, 5.41) is 2.07. The van der Waals surface area contributed by atoms with Gasteiger partial charge < -0.3 is 4.74 Å². The molecule has 6 rings (SSSR count). The van der Waals surface area contributed by atoms with E-state index in [1.807, 2.05) is 0 Å². The predicted octanol–water partition coefficient (Wildman–Crippen LogP) is 4.11. The van der Waals surface area contributed by atoms with Gasteiger partial charge in [-0.05, 0) is 62.2 Å². The van der Waals surface area contributed by atoms with Crippen LogP contribution < -0.4 is 0 Å². The van der Waals surface area contributed by atoms with E-state index < -0.39 is 0 Å². The van der Waals surface area contributed by atoms with Crippen LogP contribution in [0.5, 0.6) is 0 Å². The summed E-state index contributed by atoms with van der Waals surface area (Å²) in [6, 6.07) is 0. The van der Waals surface area contributed by atoms with Crippen LogP contribution in [-0.2, 0) is 4.74 Å². The van der Waals surface area contributed by atoms with Gasteiger partial charge in [-0.2, -0.15) is 11.8 Å². The van der Waals surface area contributed by atoms with Gasteiger partial charge in [0.2, 0.25) is 0 Å². The van der Waals surface area contributed by atoms with Crippen molar-refractivity contribution in [2.24, 2.45) is 23.7 Å². The SMILES string of the molecule is C[C@H](C1CC2CC(C1)S2)[C@@H](C)C1CC2CC(C1)O2. The Balaban J connectivity index is 1.36. The predicted molar refractivity (Wildman–Crippen MR) is 76.8 cm³/mol. The molecule has 4 unspecified atom stereocenters. The van der Waals surface area contributed by atoms with Crippen LogP contribution in [0.3, 0.4) is 0 Å². The van der Waals surface area contributed by atoms with Crippen LogP contribution in [0.2, 0.25) is 0 Å². The van der Waals surface area contributed by atoms with Crippen molar-refractivity contribution in [3.63, 3.8) is 0 Å². The number of fused-ring (bicyclic) bond motifs is 4. The zero-order valence-corrected chi connectivity index (χ0v) is 12.5. The summed E-state index contributed by atoms with van der Waals surface area (Å²) in [6.07, 6.45) is 9.92. The summed E-state index contributed by atoms with van der Waals surface area (Å²) >= 11 is 2.27. The van der Waals surface area contributed by atoms with Gasteiger partial charge in [-0.25, -0.2) is 0 Å². The molecule has 2 saturated carbocycles. The average molecular weight is 266 g/mol. The molecule has 6 aliphatic rings. The first-order valence-electron chi connectivity index (χ1n) is 8.00. The van der Waals surface area contributed by atoms with Gasteiger partial charge in [-0.1, -0.05) is 13.8 Å². The van der Waals surface area contributed by atoms with E-state index in [0.29, 0.717) is 12.2 Å². The van der Waals surface area contributed by atoms with Crippen LogP contribution in [0.1, 0.15) is 52.4 Å². The summed E-state index contributed by atoms with van der Waals surface area (Å²) in [7, 11) is 0. The number of hydrogen-bond donors (Lipinski definition) is 0. The molecule has 0 amide bonds. The van der Waals surface area contributed by atoms with Gasteiger partial charge in [0, 0.05) is 10.5 Å². The Morgan fingerprint density at radius 3 is 1.72 bits per heavy atom. The zero-order chi connectivity index (χ0) is 12.3. The van der Waals surface area contributed by atoms with Crippen LogP contribution in [0.15, 0.2) is 0 Å². The molecule has 4 bridgehead atoms. The van der Waals surface area contributed by atoms with E-state index in [1.165, 1.54) is 38.5 Å². The topological polar surface area (TPSA) is 9.23 Å². The van der Waals surface area contributed by atoms with Gasteiger partial charge in [-0.3, -0.25) is 0 Å². The lowest BCUT2D eigenvalue weighted by Crippen LogP contribution is -2.48. The first kappa shape index (κ1) is 12.1. The number of thioether (sulfide) groups is 1. The highest BCUT2D eigenvalue weighted by atomic mass is 32.2. The van der Waals surface area contributed by atoms with E-state index >= 15 is 0 Å². The van der Waals surface area contributed by atoms with E-state index in [1.54, 1.807) is 0 Å². The molecule has 0 aromatic heterocycles. The molecule has 2 aliphatic carbocycles. The van der Waals surface area contributed by atoms with Crippen LogP contribution in [0.4, 0.5) is 0 Å². The number of ether oxygens (including phenoxy) is 1. The van der Waals surface area contributed by atoms with Gasteiger partial charge >= 0.3 is 0 Å². The minimum Gasteiger partial charge on any atom is -0.375 e. The van der Waals surface area contributed by atoms with Gasteiger partial charge in [0.15, 0.2) is 0 Å². The Hall–Kier alpha value is 0.310. The van der Waals surface area contributed by atoms with Crippen molar-refractivity contribution < 1.29 is 4.74 Å². The number of hydrogen-bond acceptors (Lipinski definition) is 2. The second-order valence-electron chi connectivity index (χ2n) is 7.41. The van der Waals surface area contributed by atoms with Crippen LogP contribution in [0.25, 0.3) is 0 Å². The fraction of sp³-hybridized carbons (Fsp3) is 1.00. The first-order valence-corrected chi connectivity index (χ1v) is 8.94. The molecule has 1 nitrogen and oxygen atoms in total. The molecule has 4 saturated heterocycles. The van der Waals surface area contributed by atoms with Crippen molar-refractivity contribution in [2.75, 3.05) is 0 Å². The first-order chi connectivity index (χ1) is 8.69. The summed E-state index contributed by atoms with van der Waals surface area (Å²) in [5.74, 6) is 3.86. The second-order valence-corrected chi connectivity index (χ2v) is 9.02. The molecule has 0 aromatic carbocycles. The third-order valence-corrected chi connectivity index (χ3v) is 7.94. The van der Waals surface area contributed by atoms with E-state index in [2.05, 4.69) is 25.6 Å². The molecule has 0 radical (unpaired) electrons. The fourth-order valence-corrected chi connectivity index (χ4v) is 6.57. The lowest BCUT2D eigenvalue weighted by molar-refractivity contribution is -0.182. The smallest absolute Gasteiger partial charge is 0.0606 e. The molecular formula is C16H26OS. The second kappa shape index (κ2) is 4.41. The normalized spacial score (nSPS) is 53.0. The van der Waals surface area contributed by atoms with Gasteiger partial charge in [-0.15, -0.1) is 0 Å². The highest BCUT2D eigenvalue weighted by Gasteiger charge is 2.45. The molecule has 4 aliphatic heterocycles. The van der Waals surface area contributed by atoms with E-state index in [4.69, 9.17) is 4.74 Å². The van der Waals surface area contributed by atoms with Crippen molar-refractivity contribution in [3.05, 3.63) is 0 Å². The van der Waals surface area contributed by atoms with Crippen molar-refractivity contribution in [1.29, 1.82) is 0 Å². The molecule has 6 atom stereocenters. The molecule has 102 valence electrons. The lowest BCUT2D eigenvalue weighted by atomic mass is 9.66. The van der Waals surface area contributed by atoms with E-state index in [0.717, 1.165) is 34.2 Å².